The smallest absolute Gasteiger partial charge is 0.347 e. The van der Waals surface area contributed by atoms with Crippen LogP contribution in [0.5, 0.6) is 5.75 Å². The first kappa shape index (κ1) is 12.5. The van der Waals surface area contributed by atoms with Gasteiger partial charge in [-0.2, -0.15) is 0 Å². The van der Waals surface area contributed by atoms with Crippen LogP contribution in [-0.4, -0.2) is 23.2 Å². The van der Waals surface area contributed by atoms with Crippen molar-refractivity contribution < 1.29 is 14.6 Å². The number of benzene rings is 1. The van der Waals surface area contributed by atoms with Crippen molar-refractivity contribution in [1.82, 2.24) is 0 Å². The molecule has 1 rings (SSSR count). The number of hydrogen-bond donors (Lipinski definition) is 2. The summed E-state index contributed by atoms with van der Waals surface area (Å²) >= 11 is 0. The van der Waals surface area contributed by atoms with Gasteiger partial charge in [0.15, 0.2) is 0 Å². The van der Waals surface area contributed by atoms with Crippen molar-refractivity contribution in [2.75, 3.05) is 6.54 Å². The van der Waals surface area contributed by atoms with Crippen molar-refractivity contribution in [1.29, 1.82) is 0 Å². The molecule has 0 aliphatic heterocycles. The fraction of sp³-hybridized carbons (Fsp3) is 0.417. The number of carbonyl (C=O) groups is 1. The second-order valence-corrected chi connectivity index (χ2v) is 3.84. The molecule has 16 heavy (non-hydrogen) atoms. The van der Waals surface area contributed by atoms with Gasteiger partial charge in [-0.3, -0.25) is 0 Å². The van der Waals surface area contributed by atoms with E-state index in [0.29, 0.717) is 25.1 Å². The van der Waals surface area contributed by atoms with E-state index >= 15 is 0 Å². The summed E-state index contributed by atoms with van der Waals surface area (Å²) in [6.45, 7) is 2.03. The number of aliphatic carboxylic acids is 1. The monoisotopic (exact) mass is 223 g/mol. The molecule has 1 unspecified atom stereocenters. The first-order chi connectivity index (χ1) is 7.58. The van der Waals surface area contributed by atoms with Crippen LogP contribution in [0.4, 0.5) is 0 Å². The van der Waals surface area contributed by atoms with E-state index in [1.807, 2.05) is 6.07 Å². The molecule has 0 fully saturated rings. The number of hydrogen-bond acceptors (Lipinski definition) is 3. The van der Waals surface area contributed by atoms with Crippen LogP contribution in [0.3, 0.4) is 0 Å². The minimum Gasteiger partial charge on any atom is -0.478 e. The second kappa shape index (κ2) is 5.51. The molecular weight excluding hydrogens is 206 g/mol. The van der Waals surface area contributed by atoms with Crippen LogP contribution in [0.1, 0.15) is 19.8 Å². The zero-order valence-corrected chi connectivity index (χ0v) is 9.35. The quantitative estimate of drug-likeness (QED) is 0.769. The van der Waals surface area contributed by atoms with Crippen molar-refractivity contribution in [3.8, 4) is 5.75 Å². The lowest BCUT2D eigenvalue weighted by molar-refractivity contribution is -0.154. The van der Waals surface area contributed by atoms with Crippen LogP contribution in [0.15, 0.2) is 30.3 Å². The summed E-state index contributed by atoms with van der Waals surface area (Å²) in [5, 5.41) is 9.15. The molecule has 0 aromatic heterocycles. The molecule has 0 heterocycles. The van der Waals surface area contributed by atoms with Gasteiger partial charge in [-0.15, -0.1) is 0 Å². The van der Waals surface area contributed by atoms with E-state index in [2.05, 4.69) is 0 Å². The Bertz CT molecular complexity index is 339. The largest absolute Gasteiger partial charge is 0.478 e. The van der Waals surface area contributed by atoms with Crippen LogP contribution in [0.25, 0.3) is 0 Å². The Hall–Kier alpha value is -1.55. The molecule has 0 spiro atoms. The lowest BCUT2D eigenvalue weighted by Crippen LogP contribution is -2.41. The van der Waals surface area contributed by atoms with E-state index in [1.165, 1.54) is 0 Å². The van der Waals surface area contributed by atoms with Gasteiger partial charge in [-0.25, -0.2) is 4.79 Å². The molecular formula is C12H17NO3. The molecule has 0 aliphatic carbocycles. The SMILES string of the molecule is CC(CCCN)(Oc1ccccc1)C(=O)O. The first-order valence-electron chi connectivity index (χ1n) is 5.26. The highest BCUT2D eigenvalue weighted by Crippen LogP contribution is 2.22. The number of carboxylic acid groups (broad SMARTS) is 1. The van der Waals surface area contributed by atoms with E-state index in [9.17, 15) is 4.79 Å². The maximum atomic E-state index is 11.2. The van der Waals surface area contributed by atoms with Gasteiger partial charge in [0.2, 0.25) is 5.60 Å². The molecule has 1 aromatic carbocycles. The zero-order chi connectivity index (χ0) is 12.0. The predicted molar refractivity (Wildman–Crippen MR) is 61.4 cm³/mol. The minimum absolute atomic E-state index is 0.397. The van der Waals surface area contributed by atoms with Crippen LogP contribution in [0, 0.1) is 0 Å². The predicted octanol–water partition coefficient (Wildman–Crippen LogP) is 1.65. The fourth-order valence-electron chi connectivity index (χ4n) is 1.39. The Labute approximate surface area is 95.0 Å². The van der Waals surface area contributed by atoms with Gasteiger partial charge in [0, 0.05) is 0 Å². The molecule has 0 bridgehead atoms. The summed E-state index contributed by atoms with van der Waals surface area (Å²) < 4.78 is 5.51. The van der Waals surface area contributed by atoms with Crippen molar-refractivity contribution >= 4 is 5.97 Å². The van der Waals surface area contributed by atoms with Crippen molar-refractivity contribution in [3.63, 3.8) is 0 Å². The van der Waals surface area contributed by atoms with Gasteiger partial charge in [0.1, 0.15) is 5.75 Å². The van der Waals surface area contributed by atoms with Crippen molar-refractivity contribution in [2.45, 2.75) is 25.4 Å². The third-order valence-electron chi connectivity index (χ3n) is 2.40. The van der Waals surface area contributed by atoms with Gasteiger partial charge in [0.25, 0.3) is 0 Å². The van der Waals surface area contributed by atoms with Gasteiger partial charge < -0.3 is 15.6 Å². The van der Waals surface area contributed by atoms with Gasteiger partial charge in [-0.1, -0.05) is 18.2 Å². The number of rotatable bonds is 6. The third kappa shape index (κ3) is 3.24. The van der Waals surface area contributed by atoms with E-state index in [0.717, 1.165) is 0 Å². The Balaban J connectivity index is 2.75. The molecule has 4 heteroatoms. The average molecular weight is 223 g/mol. The molecule has 0 radical (unpaired) electrons. The topological polar surface area (TPSA) is 72.5 Å². The zero-order valence-electron chi connectivity index (χ0n) is 9.35. The molecule has 0 saturated carbocycles. The molecule has 88 valence electrons. The maximum absolute atomic E-state index is 11.2. The third-order valence-corrected chi connectivity index (χ3v) is 2.40. The van der Waals surface area contributed by atoms with Crippen LogP contribution in [-0.2, 0) is 4.79 Å². The van der Waals surface area contributed by atoms with Crippen LogP contribution < -0.4 is 10.5 Å². The van der Waals surface area contributed by atoms with Crippen LogP contribution in [0.2, 0.25) is 0 Å². The van der Waals surface area contributed by atoms with Gasteiger partial charge >= 0.3 is 5.97 Å². The summed E-state index contributed by atoms with van der Waals surface area (Å²) in [7, 11) is 0. The summed E-state index contributed by atoms with van der Waals surface area (Å²) in [6, 6.07) is 8.94. The summed E-state index contributed by atoms with van der Waals surface area (Å²) in [5.41, 5.74) is 4.17. The van der Waals surface area contributed by atoms with Crippen molar-refractivity contribution in [2.24, 2.45) is 5.73 Å². The Morgan fingerprint density at radius 1 is 1.44 bits per heavy atom. The number of para-hydroxylation sites is 1. The molecule has 0 amide bonds. The fourth-order valence-corrected chi connectivity index (χ4v) is 1.39. The summed E-state index contributed by atoms with van der Waals surface area (Å²) in [4.78, 5) is 11.2. The Morgan fingerprint density at radius 3 is 2.56 bits per heavy atom. The highest BCUT2D eigenvalue weighted by Gasteiger charge is 2.34. The normalized spacial score (nSPS) is 14.1. The molecule has 0 saturated heterocycles. The van der Waals surface area contributed by atoms with Crippen LogP contribution >= 0.6 is 0 Å². The highest BCUT2D eigenvalue weighted by molar-refractivity contribution is 5.77. The molecule has 3 N–H and O–H groups in total. The standard InChI is InChI=1S/C12H17NO3/c1-12(11(14)15,8-5-9-13)16-10-6-3-2-4-7-10/h2-4,6-7H,5,8-9,13H2,1H3,(H,14,15). The van der Waals surface area contributed by atoms with Crippen molar-refractivity contribution in [3.05, 3.63) is 30.3 Å². The Morgan fingerprint density at radius 2 is 2.06 bits per heavy atom. The first-order valence-corrected chi connectivity index (χ1v) is 5.26. The lowest BCUT2D eigenvalue weighted by Gasteiger charge is -2.26. The van der Waals surface area contributed by atoms with E-state index < -0.39 is 11.6 Å². The molecule has 1 atom stereocenters. The lowest BCUT2D eigenvalue weighted by atomic mass is 10.00. The number of nitrogens with two attached hydrogens (primary N) is 1. The second-order valence-electron chi connectivity index (χ2n) is 3.84. The Kier molecular flexibility index (Phi) is 4.31. The van der Waals surface area contributed by atoms with Gasteiger partial charge in [-0.05, 0) is 38.4 Å². The highest BCUT2D eigenvalue weighted by atomic mass is 16.5. The minimum atomic E-state index is -1.21. The maximum Gasteiger partial charge on any atom is 0.347 e. The summed E-state index contributed by atoms with van der Waals surface area (Å²) in [5.74, 6) is -0.408. The summed E-state index contributed by atoms with van der Waals surface area (Å²) in [6.07, 6.45) is 1.02. The molecule has 4 nitrogen and oxygen atoms in total. The van der Waals surface area contributed by atoms with Gasteiger partial charge in [0.05, 0.1) is 0 Å². The molecule has 1 aromatic rings. The van der Waals surface area contributed by atoms with E-state index in [1.54, 1.807) is 31.2 Å². The number of carboxylic acids is 1. The van der Waals surface area contributed by atoms with E-state index in [-0.39, 0.29) is 0 Å². The number of ether oxygens (including phenoxy) is 1. The van der Waals surface area contributed by atoms with E-state index in [4.69, 9.17) is 15.6 Å². The average Bonchev–Trinajstić information content (AvgIpc) is 2.27. The molecule has 0 aliphatic rings.